The van der Waals surface area contributed by atoms with Gasteiger partial charge < -0.3 is 18.6 Å². The molecule has 0 aromatic heterocycles. The minimum atomic E-state index is -1.97. The van der Waals surface area contributed by atoms with Gasteiger partial charge in [0.2, 0.25) is 5.79 Å². The highest BCUT2D eigenvalue weighted by Crippen LogP contribution is 2.43. The fourth-order valence-corrected chi connectivity index (χ4v) is 5.29. The van der Waals surface area contributed by atoms with Crippen molar-refractivity contribution in [3.63, 3.8) is 0 Å². The van der Waals surface area contributed by atoms with Crippen LogP contribution in [0.4, 0.5) is 0 Å². The molecule has 2 aliphatic heterocycles. The predicted molar refractivity (Wildman–Crippen MR) is 124 cm³/mol. The summed E-state index contributed by atoms with van der Waals surface area (Å²) >= 11 is 0. The molecule has 0 amide bonds. The highest BCUT2D eigenvalue weighted by Gasteiger charge is 2.49. The third-order valence-electron chi connectivity index (χ3n) is 6.77. The summed E-state index contributed by atoms with van der Waals surface area (Å²) in [5, 5.41) is 0.113. The predicted octanol–water partition coefficient (Wildman–Crippen LogP) is 5.61. The largest absolute Gasteiger partial charge is 0.469 e. The van der Waals surface area contributed by atoms with Crippen LogP contribution in [0.25, 0.3) is 0 Å². The van der Waals surface area contributed by atoms with Crippen LogP contribution in [0.2, 0.25) is 18.1 Å². The molecule has 0 aliphatic carbocycles. The summed E-state index contributed by atoms with van der Waals surface area (Å²) in [5.41, 5.74) is 1.15. The molecule has 0 radical (unpaired) electrons. The average molecular weight is 447 g/mol. The van der Waals surface area contributed by atoms with Crippen molar-refractivity contribution in [2.75, 3.05) is 6.61 Å². The second-order valence-electron chi connectivity index (χ2n) is 10.5. The van der Waals surface area contributed by atoms with Crippen molar-refractivity contribution in [3.05, 3.63) is 48.2 Å². The molecule has 0 saturated carbocycles. The van der Waals surface area contributed by atoms with Crippen molar-refractivity contribution >= 4 is 14.1 Å². The van der Waals surface area contributed by atoms with E-state index < -0.39 is 14.1 Å². The zero-order valence-corrected chi connectivity index (χ0v) is 20.9. The first-order chi connectivity index (χ1) is 14.5. The van der Waals surface area contributed by atoms with Crippen LogP contribution >= 0.6 is 0 Å². The van der Waals surface area contributed by atoms with Crippen molar-refractivity contribution < 1.29 is 23.4 Å². The summed E-state index contributed by atoms with van der Waals surface area (Å²) in [6.07, 6.45) is 4.45. The second-order valence-corrected chi connectivity index (χ2v) is 15.3. The monoisotopic (exact) mass is 446 g/mol. The number of ketones is 1. The van der Waals surface area contributed by atoms with Crippen molar-refractivity contribution in [1.82, 2.24) is 0 Å². The van der Waals surface area contributed by atoms with Crippen LogP contribution in [-0.2, 0) is 30.0 Å². The molecule has 1 fully saturated rings. The number of ether oxygens (including phenoxy) is 3. The lowest BCUT2D eigenvalue weighted by Crippen LogP contribution is -2.55. The minimum absolute atomic E-state index is 0.00415. The van der Waals surface area contributed by atoms with Gasteiger partial charge in [-0.1, -0.05) is 58.0 Å². The Morgan fingerprint density at radius 2 is 1.94 bits per heavy atom. The fraction of sp³-hybridized carbons (Fsp3) is 0.640. The van der Waals surface area contributed by atoms with E-state index in [1.165, 1.54) is 12.3 Å². The molecule has 4 atom stereocenters. The third-order valence-corrected chi connectivity index (χ3v) is 11.3. The van der Waals surface area contributed by atoms with E-state index in [0.29, 0.717) is 19.6 Å². The molecular weight excluding hydrogens is 408 g/mol. The summed E-state index contributed by atoms with van der Waals surface area (Å²) in [6, 6.07) is 10.2. The Morgan fingerprint density at radius 1 is 1.23 bits per heavy atom. The Labute approximate surface area is 188 Å². The summed E-state index contributed by atoms with van der Waals surface area (Å²) < 4.78 is 25.1. The van der Waals surface area contributed by atoms with E-state index in [9.17, 15) is 4.79 Å². The molecule has 3 rings (SSSR count). The Bertz CT molecular complexity index is 770. The maximum absolute atomic E-state index is 12.2. The van der Waals surface area contributed by atoms with Crippen LogP contribution in [0.5, 0.6) is 0 Å². The minimum Gasteiger partial charge on any atom is -0.469 e. The second kappa shape index (κ2) is 9.57. The molecule has 1 unspecified atom stereocenters. The zero-order chi connectivity index (χ0) is 22.7. The third kappa shape index (κ3) is 6.28. The first kappa shape index (κ1) is 24.2. The van der Waals surface area contributed by atoms with Gasteiger partial charge in [-0.3, -0.25) is 4.79 Å². The van der Waals surface area contributed by atoms with Crippen LogP contribution in [0.3, 0.4) is 0 Å². The normalized spacial score (nSPS) is 27.9. The molecule has 1 aromatic rings. The number of allylic oxidation sites excluding steroid dienone is 1. The van der Waals surface area contributed by atoms with Crippen molar-refractivity contribution in [2.45, 2.75) is 89.7 Å². The highest BCUT2D eigenvalue weighted by molar-refractivity contribution is 6.74. The number of benzene rings is 1. The summed E-state index contributed by atoms with van der Waals surface area (Å²) in [5.74, 6) is -0.753. The van der Waals surface area contributed by atoms with E-state index in [2.05, 4.69) is 52.9 Å². The van der Waals surface area contributed by atoms with Gasteiger partial charge in [-0.15, -0.1) is 0 Å². The van der Waals surface area contributed by atoms with Gasteiger partial charge in [-0.25, -0.2) is 0 Å². The van der Waals surface area contributed by atoms with Crippen LogP contribution in [0.15, 0.2) is 42.7 Å². The van der Waals surface area contributed by atoms with E-state index >= 15 is 0 Å². The fourth-order valence-electron chi connectivity index (χ4n) is 3.93. The number of rotatable bonds is 7. The van der Waals surface area contributed by atoms with E-state index in [1.54, 1.807) is 0 Å². The number of carbonyl (C=O) groups excluding carboxylic acids is 1. The molecular formula is C25H38O5Si. The molecule has 6 heteroatoms. The lowest BCUT2D eigenvalue weighted by atomic mass is 9.89. The van der Waals surface area contributed by atoms with Gasteiger partial charge in [0.05, 0.1) is 38.1 Å². The molecule has 1 aromatic carbocycles. The average Bonchev–Trinajstić information content (AvgIpc) is 2.67. The van der Waals surface area contributed by atoms with Crippen molar-refractivity contribution in [1.29, 1.82) is 0 Å². The zero-order valence-electron chi connectivity index (χ0n) is 19.9. The molecule has 31 heavy (non-hydrogen) atoms. The molecule has 5 nitrogen and oxygen atoms in total. The van der Waals surface area contributed by atoms with E-state index in [4.69, 9.17) is 18.6 Å². The summed E-state index contributed by atoms with van der Waals surface area (Å²) in [6.45, 7) is 14.6. The molecule has 1 saturated heterocycles. The molecule has 172 valence electrons. The Balaban J connectivity index is 1.69. The summed E-state index contributed by atoms with van der Waals surface area (Å²) in [7, 11) is -1.97. The van der Waals surface area contributed by atoms with Gasteiger partial charge >= 0.3 is 0 Å². The van der Waals surface area contributed by atoms with Gasteiger partial charge in [0.25, 0.3) is 0 Å². The molecule has 0 bridgehead atoms. The molecule has 2 aliphatic rings. The van der Waals surface area contributed by atoms with Gasteiger partial charge in [0.1, 0.15) is 0 Å². The SMILES string of the molecule is C[C@@H](COCc1ccccc1)[C@H]1CC(O[Si](C)(C)C(C)(C)C)C[C@@]2(CC(=O)C=CO2)O1. The van der Waals surface area contributed by atoms with Gasteiger partial charge in [-0.05, 0) is 30.1 Å². The lowest BCUT2D eigenvalue weighted by Gasteiger charge is -2.48. The van der Waals surface area contributed by atoms with Crippen LogP contribution in [0.1, 0.15) is 52.5 Å². The Hall–Kier alpha value is -1.47. The number of carbonyl (C=O) groups is 1. The first-order valence-corrected chi connectivity index (χ1v) is 14.2. The smallest absolute Gasteiger partial charge is 0.219 e. The summed E-state index contributed by atoms with van der Waals surface area (Å²) in [4.78, 5) is 12.2. The van der Waals surface area contributed by atoms with Gasteiger partial charge in [0, 0.05) is 18.4 Å². The number of hydrogen-bond acceptors (Lipinski definition) is 5. The van der Waals surface area contributed by atoms with E-state index in [-0.39, 0.29) is 35.4 Å². The van der Waals surface area contributed by atoms with Crippen LogP contribution in [0, 0.1) is 5.92 Å². The maximum atomic E-state index is 12.2. The molecule has 1 spiro atoms. The maximum Gasteiger partial charge on any atom is 0.219 e. The lowest BCUT2D eigenvalue weighted by molar-refractivity contribution is -0.284. The Kier molecular flexibility index (Phi) is 7.46. The van der Waals surface area contributed by atoms with Gasteiger partial charge in [-0.2, -0.15) is 0 Å². The van der Waals surface area contributed by atoms with Gasteiger partial charge in [0.15, 0.2) is 14.1 Å². The van der Waals surface area contributed by atoms with Crippen molar-refractivity contribution in [2.24, 2.45) is 5.92 Å². The van der Waals surface area contributed by atoms with Crippen LogP contribution < -0.4 is 0 Å². The first-order valence-electron chi connectivity index (χ1n) is 11.3. The van der Waals surface area contributed by atoms with Crippen LogP contribution in [-0.4, -0.2) is 38.7 Å². The topological polar surface area (TPSA) is 54.0 Å². The molecule has 0 N–H and O–H groups in total. The standard InChI is InChI=1S/C25H38O5Si/c1-19(17-27-18-20-10-8-7-9-11-20)23-14-22(30-31(5,6)24(2,3)4)16-25(29-23)15-21(26)12-13-28-25/h7-13,19,22-23H,14-18H2,1-6H3/t19-,22?,23+,25+/m0/s1. The molecule has 2 heterocycles. The highest BCUT2D eigenvalue weighted by atomic mass is 28.4. The Morgan fingerprint density at radius 3 is 2.58 bits per heavy atom. The van der Waals surface area contributed by atoms with E-state index in [0.717, 1.165) is 12.0 Å². The quantitative estimate of drug-likeness (QED) is 0.510. The number of hydrogen-bond donors (Lipinski definition) is 0. The van der Waals surface area contributed by atoms with E-state index in [1.807, 2.05) is 18.2 Å². The van der Waals surface area contributed by atoms with Crippen molar-refractivity contribution in [3.8, 4) is 0 Å².